The fourth-order valence-electron chi connectivity index (χ4n) is 2.44. The Hall–Kier alpha value is -1.84. The van der Waals surface area contributed by atoms with Gasteiger partial charge in [0.05, 0.1) is 11.4 Å². The monoisotopic (exact) mass is 285 g/mol. The van der Waals surface area contributed by atoms with E-state index < -0.39 is 0 Å². The molecule has 0 saturated carbocycles. The van der Waals surface area contributed by atoms with E-state index in [0.717, 1.165) is 28.9 Å². The van der Waals surface area contributed by atoms with E-state index in [4.69, 9.17) is 22.3 Å². The first-order valence-corrected chi connectivity index (χ1v) is 7.06. The zero-order chi connectivity index (χ0) is 14.1. The Kier molecular flexibility index (Phi) is 3.47. The van der Waals surface area contributed by atoms with Crippen LogP contribution in [0.15, 0.2) is 42.6 Å². The number of pyridine rings is 1. The molecule has 0 fully saturated rings. The highest BCUT2D eigenvalue weighted by molar-refractivity contribution is 6.30. The molecule has 3 rings (SSSR count). The number of nitrogens with two attached hydrogens (primary N) is 1. The summed E-state index contributed by atoms with van der Waals surface area (Å²) in [7, 11) is 0. The van der Waals surface area contributed by atoms with Gasteiger partial charge in [-0.1, -0.05) is 42.8 Å². The van der Waals surface area contributed by atoms with Crippen LogP contribution in [0.2, 0.25) is 5.02 Å². The minimum Gasteiger partial charge on any atom is -0.326 e. The van der Waals surface area contributed by atoms with Crippen LogP contribution in [0, 0.1) is 0 Å². The smallest absolute Gasteiger partial charge is 0.139 e. The third-order valence-electron chi connectivity index (χ3n) is 3.49. The number of aryl methyl sites for hydroxylation is 1. The van der Waals surface area contributed by atoms with E-state index in [-0.39, 0.29) is 0 Å². The minimum atomic E-state index is 0.557. The molecule has 0 amide bonds. The predicted molar refractivity (Wildman–Crippen MR) is 82.9 cm³/mol. The highest BCUT2D eigenvalue weighted by Crippen LogP contribution is 2.26. The number of imidazole rings is 1. The van der Waals surface area contributed by atoms with Crippen molar-refractivity contribution < 1.29 is 0 Å². The highest BCUT2D eigenvalue weighted by Gasteiger charge is 2.12. The zero-order valence-corrected chi connectivity index (χ0v) is 12.1. The van der Waals surface area contributed by atoms with Gasteiger partial charge in [0.1, 0.15) is 5.65 Å². The summed E-state index contributed by atoms with van der Waals surface area (Å²) in [4.78, 5) is 4.72. The van der Waals surface area contributed by atoms with Crippen molar-refractivity contribution in [2.45, 2.75) is 19.9 Å². The predicted octanol–water partition coefficient (Wildman–Crippen LogP) is 3.68. The molecule has 3 nitrogen and oxygen atoms in total. The molecule has 20 heavy (non-hydrogen) atoms. The van der Waals surface area contributed by atoms with Gasteiger partial charge >= 0.3 is 0 Å². The van der Waals surface area contributed by atoms with Crippen LogP contribution in [0.3, 0.4) is 0 Å². The third kappa shape index (κ3) is 2.19. The summed E-state index contributed by atoms with van der Waals surface area (Å²) >= 11 is 6.04. The van der Waals surface area contributed by atoms with Crippen molar-refractivity contribution in [2.75, 3.05) is 0 Å². The molecule has 0 radical (unpaired) electrons. The highest BCUT2D eigenvalue weighted by atomic mass is 35.5. The van der Waals surface area contributed by atoms with E-state index in [2.05, 4.69) is 23.5 Å². The van der Waals surface area contributed by atoms with Gasteiger partial charge in [0.25, 0.3) is 0 Å². The molecule has 0 aliphatic heterocycles. The lowest BCUT2D eigenvalue weighted by atomic mass is 10.1. The number of halogens is 1. The van der Waals surface area contributed by atoms with Gasteiger partial charge in [0.2, 0.25) is 0 Å². The quantitative estimate of drug-likeness (QED) is 0.798. The maximum absolute atomic E-state index is 6.04. The summed E-state index contributed by atoms with van der Waals surface area (Å²) in [5.41, 5.74) is 11.0. The second-order valence-electron chi connectivity index (χ2n) is 4.73. The van der Waals surface area contributed by atoms with Crippen molar-refractivity contribution in [3.63, 3.8) is 0 Å². The fourth-order valence-corrected chi connectivity index (χ4v) is 2.59. The van der Waals surface area contributed by atoms with Crippen LogP contribution in [-0.2, 0) is 13.0 Å². The lowest BCUT2D eigenvalue weighted by Crippen LogP contribution is -1.96. The number of fused-ring (bicyclic) bond motifs is 1. The summed E-state index contributed by atoms with van der Waals surface area (Å²) in [5, 5.41) is 0.704. The Bertz CT molecular complexity index is 744. The Morgan fingerprint density at radius 1 is 1.20 bits per heavy atom. The van der Waals surface area contributed by atoms with Gasteiger partial charge in [-0.15, -0.1) is 0 Å². The van der Waals surface area contributed by atoms with Crippen molar-refractivity contribution in [1.29, 1.82) is 0 Å². The molecule has 0 unspecified atom stereocenters. The number of benzene rings is 1. The number of hydrogen-bond donors (Lipinski definition) is 1. The van der Waals surface area contributed by atoms with Crippen LogP contribution in [-0.4, -0.2) is 9.38 Å². The largest absolute Gasteiger partial charge is 0.326 e. The molecule has 0 bridgehead atoms. The molecule has 0 saturated heterocycles. The normalized spacial score (nSPS) is 11.2. The molecule has 2 heterocycles. The number of nitrogens with zero attached hydrogens (tertiary/aromatic N) is 2. The van der Waals surface area contributed by atoms with Gasteiger partial charge in [0, 0.05) is 29.4 Å². The molecule has 1 aromatic carbocycles. The van der Waals surface area contributed by atoms with Crippen molar-refractivity contribution in [1.82, 2.24) is 9.38 Å². The van der Waals surface area contributed by atoms with Crippen molar-refractivity contribution in [2.24, 2.45) is 5.73 Å². The molecule has 102 valence electrons. The first kappa shape index (κ1) is 13.2. The number of rotatable bonds is 3. The topological polar surface area (TPSA) is 43.3 Å². The standard InChI is InChI=1S/C16H16ClN3/c1-2-14-16(12-5-3-11(10-18)4-6-12)19-15-9-13(17)7-8-20(14)15/h3-9H,2,10,18H2,1H3. The van der Waals surface area contributed by atoms with Crippen molar-refractivity contribution in [3.05, 3.63) is 58.9 Å². The van der Waals surface area contributed by atoms with Crippen LogP contribution in [0.4, 0.5) is 0 Å². The van der Waals surface area contributed by atoms with Gasteiger partial charge in [-0.3, -0.25) is 0 Å². The molecule has 0 atom stereocenters. The summed E-state index contributed by atoms with van der Waals surface area (Å²) in [6, 6.07) is 12.0. The SMILES string of the molecule is CCc1c(-c2ccc(CN)cc2)nc2cc(Cl)ccn12. The molecule has 4 heteroatoms. The van der Waals surface area contributed by atoms with Crippen LogP contribution in [0.5, 0.6) is 0 Å². The average molecular weight is 286 g/mol. The van der Waals surface area contributed by atoms with E-state index in [1.807, 2.05) is 30.5 Å². The zero-order valence-electron chi connectivity index (χ0n) is 11.3. The maximum Gasteiger partial charge on any atom is 0.139 e. The van der Waals surface area contributed by atoms with Crippen molar-refractivity contribution in [3.8, 4) is 11.3 Å². The van der Waals surface area contributed by atoms with Gasteiger partial charge in [-0.05, 0) is 18.1 Å². The molecule has 0 aliphatic carbocycles. The first-order valence-electron chi connectivity index (χ1n) is 6.68. The van der Waals surface area contributed by atoms with Crippen LogP contribution >= 0.6 is 11.6 Å². The Labute approximate surface area is 123 Å². The number of aromatic nitrogens is 2. The molecular weight excluding hydrogens is 270 g/mol. The van der Waals surface area contributed by atoms with E-state index in [1.54, 1.807) is 0 Å². The van der Waals surface area contributed by atoms with E-state index in [9.17, 15) is 0 Å². The van der Waals surface area contributed by atoms with Gasteiger partial charge in [-0.25, -0.2) is 4.98 Å². The lowest BCUT2D eigenvalue weighted by Gasteiger charge is -2.03. The van der Waals surface area contributed by atoms with Gasteiger partial charge < -0.3 is 10.1 Å². The summed E-state index contributed by atoms with van der Waals surface area (Å²) in [6.45, 7) is 2.69. The molecule has 3 aromatic rings. The fraction of sp³-hybridized carbons (Fsp3) is 0.188. The average Bonchev–Trinajstić information content (AvgIpc) is 2.84. The van der Waals surface area contributed by atoms with Crippen LogP contribution in [0.1, 0.15) is 18.2 Å². The second kappa shape index (κ2) is 5.27. The summed E-state index contributed by atoms with van der Waals surface area (Å²) in [6.07, 6.45) is 2.89. The summed E-state index contributed by atoms with van der Waals surface area (Å²) < 4.78 is 2.10. The lowest BCUT2D eigenvalue weighted by molar-refractivity contribution is 0.997. The second-order valence-corrected chi connectivity index (χ2v) is 5.17. The van der Waals surface area contributed by atoms with E-state index in [1.165, 1.54) is 5.69 Å². The van der Waals surface area contributed by atoms with Crippen LogP contribution < -0.4 is 5.73 Å². The first-order chi connectivity index (χ1) is 9.72. The third-order valence-corrected chi connectivity index (χ3v) is 3.72. The van der Waals surface area contributed by atoms with Gasteiger partial charge in [-0.2, -0.15) is 0 Å². The number of hydrogen-bond acceptors (Lipinski definition) is 2. The Morgan fingerprint density at radius 2 is 1.95 bits per heavy atom. The molecule has 2 aromatic heterocycles. The molecule has 2 N–H and O–H groups in total. The van der Waals surface area contributed by atoms with Gasteiger partial charge in [0.15, 0.2) is 0 Å². The minimum absolute atomic E-state index is 0.557. The maximum atomic E-state index is 6.04. The Balaban J connectivity index is 2.18. The Morgan fingerprint density at radius 3 is 2.60 bits per heavy atom. The van der Waals surface area contributed by atoms with Crippen LogP contribution in [0.25, 0.3) is 16.9 Å². The molecule has 0 spiro atoms. The van der Waals surface area contributed by atoms with E-state index in [0.29, 0.717) is 11.6 Å². The molecular formula is C16H16ClN3. The van der Waals surface area contributed by atoms with E-state index >= 15 is 0 Å². The summed E-state index contributed by atoms with van der Waals surface area (Å²) in [5.74, 6) is 0. The molecule has 0 aliphatic rings. The van der Waals surface area contributed by atoms with Crippen molar-refractivity contribution >= 4 is 17.2 Å².